The van der Waals surface area contributed by atoms with Crippen LogP contribution in [0.3, 0.4) is 0 Å². The van der Waals surface area contributed by atoms with Gasteiger partial charge in [-0.05, 0) is 37.1 Å². The van der Waals surface area contributed by atoms with Crippen molar-refractivity contribution < 1.29 is 4.79 Å². The molecule has 1 aromatic carbocycles. The maximum atomic E-state index is 11.9. The zero-order valence-electron chi connectivity index (χ0n) is 10.1. The van der Waals surface area contributed by atoms with E-state index in [0.717, 1.165) is 30.8 Å². The SMILES string of the molecule is CCCC(=O)N(CCC)c1ccc(N)cc1. The lowest BCUT2D eigenvalue weighted by molar-refractivity contribution is -0.118. The minimum Gasteiger partial charge on any atom is -0.399 e. The third-order valence-electron chi connectivity index (χ3n) is 2.42. The lowest BCUT2D eigenvalue weighted by Crippen LogP contribution is -2.31. The summed E-state index contributed by atoms with van der Waals surface area (Å²) in [6.45, 7) is 4.86. The summed E-state index contributed by atoms with van der Waals surface area (Å²) in [5.41, 5.74) is 7.30. The molecule has 0 aromatic heterocycles. The van der Waals surface area contributed by atoms with Gasteiger partial charge in [0.05, 0.1) is 0 Å². The zero-order chi connectivity index (χ0) is 12.0. The van der Waals surface area contributed by atoms with E-state index in [1.165, 1.54) is 0 Å². The molecule has 1 aromatic rings. The maximum absolute atomic E-state index is 11.9. The van der Waals surface area contributed by atoms with E-state index in [9.17, 15) is 4.79 Å². The van der Waals surface area contributed by atoms with Gasteiger partial charge in [0.2, 0.25) is 5.91 Å². The number of hydrogen-bond acceptors (Lipinski definition) is 2. The topological polar surface area (TPSA) is 46.3 Å². The van der Waals surface area contributed by atoms with E-state index in [1.54, 1.807) is 0 Å². The van der Waals surface area contributed by atoms with Gasteiger partial charge >= 0.3 is 0 Å². The lowest BCUT2D eigenvalue weighted by atomic mass is 10.2. The van der Waals surface area contributed by atoms with Gasteiger partial charge in [-0.25, -0.2) is 0 Å². The number of hydrogen-bond donors (Lipinski definition) is 1. The molecule has 0 aliphatic carbocycles. The predicted molar refractivity (Wildman–Crippen MR) is 68.4 cm³/mol. The summed E-state index contributed by atoms with van der Waals surface area (Å²) in [7, 11) is 0. The second kappa shape index (κ2) is 6.16. The van der Waals surface area contributed by atoms with Crippen LogP contribution in [-0.4, -0.2) is 12.5 Å². The molecule has 88 valence electrons. The Labute approximate surface area is 97.2 Å². The van der Waals surface area contributed by atoms with E-state index in [2.05, 4.69) is 6.92 Å². The molecule has 0 spiro atoms. The molecule has 0 heterocycles. The van der Waals surface area contributed by atoms with Crippen LogP contribution in [0.2, 0.25) is 0 Å². The Morgan fingerprint density at radius 3 is 2.31 bits per heavy atom. The minimum absolute atomic E-state index is 0.189. The highest BCUT2D eigenvalue weighted by molar-refractivity contribution is 5.93. The van der Waals surface area contributed by atoms with E-state index in [-0.39, 0.29) is 5.91 Å². The van der Waals surface area contributed by atoms with Gasteiger partial charge in [0.1, 0.15) is 0 Å². The molecular weight excluding hydrogens is 200 g/mol. The number of nitrogens with zero attached hydrogens (tertiary/aromatic N) is 1. The molecule has 1 rings (SSSR count). The van der Waals surface area contributed by atoms with Crippen molar-refractivity contribution in [3.05, 3.63) is 24.3 Å². The van der Waals surface area contributed by atoms with Gasteiger partial charge in [-0.2, -0.15) is 0 Å². The third kappa shape index (κ3) is 3.26. The highest BCUT2D eigenvalue weighted by atomic mass is 16.2. The molecule has 1 amide bonds. The first-order chi connectivity index (χ1) is 7.69. The number of nitrogens with two attached hydrogens (primary N) is 1. The average molecular weight is 220 g/mol. The summed E-state index contributed by atoms with van der Waals surface area (Å²) in [6.07, 6.45) is 2.44. The van der Waals surface area contributed by atoms with Crippen molar-refractivity contribution in [1.29, 1.82) is 0 Å². The Hall–Kier alpha value is -1.51. The standard InChI is InChI=1S/C13H20N2O/c1-3-5-13(16)15(10-4-2)12-8-6-11(14)7-9-12/h6-9H,3-5,10,14H2,1-2H3. The maximum Gasteiger partial charge on any atom is 0.226 e. The number of anilines is 2. The molecule has 0 aliphatic heterocycles. The number of benzene rings is 1. The van der Waals surface area contributed by atoms with Crippen molar-refractivity contribution in [2.75, 3.05) is 17.2 Å². The van der Waals surface area contributed by atoms with E-state index in [1.807, 2.05) is 36.1 Å². The molecule has 0 saturated carbocycles. The van der Waals surface area contributed by atoms with Gasteiger partial charge in [-0.15, -0.1) is 0 Å². The predicted octanol–water partition coefficient (Wildman–Crippen LogP) is 2.81. The second-order valence-corrected chi connectivity index (χ2v) is 3.89. The smallest absolute Gasteiger partial charge is 0.226 e. The van der Waals surface area contributed by atoms with Gasteiger partial charge in [0.15, 0.2) is 0 Å². The quantitative estimate of drug-likeness (QED) is 0.775. The average Bonchev–Trinajstić information content (AvgIpc) is 2.28. The first-order valence-corrected chi connectivity index (χ1v) is 5.85. The largest absolute Gasteiger partial charge is 0.399 e. The normalized spacial score (nSPS) is 10.1. The molecule has 0 radical (unpaired) electrons. The Morgan fingerprint density at radius 2 is 1.81 bits per heavy atom. The van der Waals surface area contributed by atoms with Crippen molar-refractivity contribution >= 4 is 17.3 Å². The second-order valence-electron chi connectivity index (χ2n) is 3.89. The van der Waals surface area contributed by atoms with Gasteiger partial charge in [-0.3, -0.25) is 4.79 Å². The summed E-state index contributed by atoms with van der Waals surface area (Å²) in [4.78, 5) is 13.7. The van der Waals surface area contributed by atoms with Crippen molar-refractivity contribution in [1.82, 2.24) is 0 Å². The highest BCUT2D eigenvalue weighted by Gasteiger charge is 2.13. The minimum atomic E-state index is 0.189. The highest BCUT2D eigenvalue weighted by Crippen LogP contribution is 2.18. The van der Waals surface area contributed by atoms with Crippen LogP contribution in [0, 0.1) is 0 Å². The van der Waals surface area contributed by atoms with E-state index in [4.69, 9.17) is 5.73 Å². The molecule has 3 nitrogen and oxygen atoms in total. The third-order valence-corrected chi connectivity index (χ3v) is 2.42. The first kappa shape index (κ1) is 12.6. The molecule has 0 aliphatic rings. The van der Waals surface area contributed by atoms with Gasteiger partial charge < -0.3 is 10.6 Å². The van der Waals surface area contributed by atoms with Crippen LogP contribution < -0.4 is 10.6 Å². The van der Waals surface area contributed by atoms with Gasteiger partial charge in [-0.1, -0.05) is 13.8 Å². The number of nitrogen functional groups attached to an aromatic ring is 1. The Kier molecular flexibility index (Phi) is 4.83. The Bertz CT molecular complexity index is 332. The van der Waals surface area contributed by atoms with Crippen LogP contribution in [0.25, 0.3) is 0 Å². The molecule has 0 saturated heterocycles. The number of amides is 1. The molecule has 3 heteroatoms. The number of carbonyl (C=O) groups excluding carboxylic acids is 1. The molecule has 2 N–H and O–H groups in total. The lowest BCUT2D eigenvalue weighted by Gasteiger charge is -2.22. The summed E-state index contributed by atoms with van der Waals surface area (Å²) < 4.78 is 0. The zero-order valence-corrected chi connectivity index (χ0v) is 10.1. The summed E-state index contributed by atoms with van der Waals surface area (Å²) >= 11 is 0. The first-order valence-electron chi connectivity index (χ1n) is 5.85. The molecule has 0 bridgehead atoms. The fourth-order valence-electron chi connectivity index (χ4n) is 1.62. The summed E-state index contributed by atoms with van der Waals surface area (Å²) in [5, 5.41) is 0. The van der Waals surface area contributed by atoms with E-state index < -0.39 is 0 Å². The van der Waals surface area contributed by atoms with Crippen molar-refractivity contribution in [2.24, 2.45) is 0 Å². The molecule has 16 heavy (non-hydrogen) atoms. The van der Waals surface area contributed by atoms with Crippen LogP contribution in [0.5, 0.6) is 0 Å². The fraction of sp³-hybridized carbons (Fsp3) is 0.462. The van der Waals surface area contributed by atoms with E-state index in [0.29, 0.717) is 6.42 Å². The molecular formula is C13H20N2O. The van der Waals surface area contributed by atoms with Crippen LogP contribution in [0.15, 0.2) is 24.3 Å². The number of rotatable bonds is 5. The fourth-order valence-corrected chi connectivity index (χ4v) is 1.62. The van der Waals surface area contributed by atoms with Crippen LogP contribution >= 0.6 is 0 Å². The summed E-state index contributed by atoms with van der Waals surface area (Å²) in [6, 6.07) is 7.46. The monoisotopic (exact) mass is 220 g/mol. The number of carbonyl (C=O) groups is 1. The van der Waals surface area contributed by atoms with Crippen LogP contribution in [0.4, 0.5) is 11.4 Å². The summed E-state index contributed by atoms with van der Waals surface area (Å²) in [5.74, 6) is 0.189. The van der Waals surface area contributed by atoms with Gasteiger partial charge in [0, 0.05) is 24.3 Å². The van der Waals surface area contributed by atoms with Crippen molar-refractivity contribution in [2.45, 2.75) is 33.1 Å². The Balaban J connectivity index is 2.84. The van der Waals surface area contributed by atoms with E-state index >= 15 is 0 Å². The Morgan fingerprint density at radius 1 is 1.19 bits per heavy atom. The van der Waals surface area contributed by atoms with Crippen LogP contribution in [0.1, 0.15) is 33.1 Å². The molecule has 0 unspecified atom stereocenters. The van der Waals surface area contributed by atoms with Gasteiger partial charge in [0.25, 0.3) is 0 Å². The van der Waals surface area contributed by atoms with Crippen LogP contribution in [-0.2, 0) is 4.79 Å². The van der Waals surface area contributed by atoms with Crippen molar-refractivity contribution in [3.8, 4) is 0 Å². The molecule has 0 atom stereocenters. The van der Waals surface area contributed by atoms with Crippen molar-refractivity contribution in [3.63, 3.8) is 0 Å². The molecule has 0 fully saturated rings.